The lowest BCUT2D eigenvalue weighted by atomic mass is 9.84. The van der Waals surface area contributed by atoms with Crippen LogP contribution in [0.4, 0.5) is 5.69 Å². The van der Waals surface area contributed by atoms with E-state index in [2.05, 4.69) is 20.1 Å². The molecule has 4 fully saturated rings. The maximum Gasteiger partial charge on any atom is 0.270 e. The Morgan fingerprint density at radius 1 is 1.20 bits per heavy atom. The smallest absolute Gasteiger partial charge is 0.270 e. The molecular weight excluding hydrogens is 316 g/mol. The number of anilines is 1. The predicted molar refractivity (Wildman–Crippen MR) is 95.9 cm³/mol. The van der Waals surface area contributed by atoms with Crippen molar-refractivity contribution in [2.24, 2.45) is 5.92 Å². The van der Waals surface area contributed by atoms with Crippen LogP contribution in [0.5, 0.6) is 0 Å². The van der Waals surface area contributed by atoms with Crippen molar-refractivity contribution in [3.63, 3.8) is 0 Å². The van der Waals surface area contributed by atoms with E-state index in [1.165, 1.54) is 38.8 Å². The summed E-state index contributed by atoms with van der Waals surface area (Å²) in [6.07, 6.45) is 8.29. The number of hydrogen-bond acceptors (Lipinski definition) is 5. The molecule has 0 aromatic carbocycles. The van der Waals surface area contributed by atoms with Crippen LogP contribution in [0, 0.1) is 5.92 Å². The number of carbonyl (C=O) groups excluding carboxylic acids is 1. The normalized spacial score (nSPS) is 28.6. The van der Waals surface area contributed by atoms with Gasteiger partial charge < -0.3 is 19.5 Å². The summed E-state index contributed by atoms with van der Waals surface area (Å²) in [4.78, 5) is 21.9. The Balaban J connectivity index is 1.38. The maximum atomic E-state index is 12.8. The van der Waals surface area contributed by atoms with Gasteiger partial charge >= 0.3 is 0 Å². The first-order valence-corrected chi connectivity index (χ1v) is 9.43. The van der Waals surface area contributed by atoms with Crippen LogP contribution in [0.15, 0.2) is 22.9 Å². The quantitative estimate of drug-likeness (QED) is 0.929. The molecule has 1 atom stereocenters. The van der Waals surface area contributed by atoms with Crippen molar-refractivity contribution in [2.75, 3.05) is 37.6 Å². The zero-order chi connectivity index (χ0) is 16.8. The third-order valence-corrected chi connectivity index (χ3v) is 6.09. The molecular formula is C19H24N4O2. The molecule has 0 unspecified atom stereocenters. The predicted octanol–water partition coefficient (Wildman–Crippen LogP) is 2.25. The minimum Gasteiger partial charge on any atom is -0.460 e. The number of fused-ring (bicyclic) bond motifs is 4. The number of rotatable bonds is 3. The molecule has 4 aliphatic rings. The standard InChI is InChI=1S/C19H24N4O2/c24-19(21-16-11-22-7-3-13(16)4-8-22)15-9-14-17(23-5-1-2-6-23)12-25-18(14)10-20-15/h9-10,12-13,16H,1-8,11H2,(H,21,24)/t16-/m0/s1. The highest BCUT2D eigenvalue weighted by Crippen LogP contribution is 2.32. The van der Waals surface area contributed by atoms with Gasteiger partial charge in [0.25, 0.3) is 5.91 Å². The number of carbonyl (C=O) groups is 1. The zero-order valence-corrected chi connectivity index (χ0v) is 14.4. The molecule has 4 aliphatic heterocycles. The number of furan rings is 1. The molecule has 2 aromatic rings. The molecule has 1 N–H and O–H groups in total. The molecule has 0 saturated carbocycles. The van der Waals surface area contributed by atoms with E-state index >= 15 is 0 Å². The van der Waals surface area contributed by atoms with Crippen LogP contribution in [0.2, 0.25) is 0 Å². The molecule has 2 aromatic heterocycles. The molecule has 6 nitrogen and oxygen atoms in total. The van der Waals surface area contributed by atoms with Crippen molar-refractivity contribution in [3.05, 3.63) is 24.2 Å². The maximum absolute atomic E-state index is 12.8. The molecule has 2 bridgehead atoms. The van der Waals surface area contributed by atoms with Gasteiger partial charge in [0.15, 0.2) is 5.58 Å². The number of nitrogens with zero attached hydrogens (tertiary/aromatic N) is 3. The van der Waals surface area contributed by atoms with E-state index in [1.807, 2.05) is 6.07 Å². The second-order valence-electron chi connectivity index (χ2n) is 7.60. The SMILES string of the molecule is O=C(N[C@H]1CN2CCC1CC2)c1cc2c(N3CCCC3)coc2cn1. The lowest BCUT2D eigenvalue weighted by Gasteiger charge is -2.44. The van der Waals surface area contributed by atoms with Gasteiger partial charge in [-0.2, -0.15) is 0 Å². The summed E-state index contributed by atoms with van der Waals surface area (Å²) in [6, 6.07) is 2.15. The molecule has 6 rings (SSSR count). The number of nitrogens with one attached hydrogen (secondary N) is 1. The van der Waals surface area contributed by atoms with Gasteiger partial charge in [-0.15, -0.1) is 0 Å². The van der Waals surface area contributed by atoms with E-state index in [0.29, 0.717) is 11.6 Å². The summed E-state index contributed by atoms with van der Waals surface area (Å²) in [7, 11) is 0. The molecule has 4 saturated heterocycles. The molecule has 25 heavy (non-hydrogen) atoms. The van der Waals surface area contributed by atoms with Crippen molar-refractivity contribution in [1.29, 1.82) is 0 Å². The molecule has 0 aliphatic carbocycles. The van der Waals surface area contributed by atoms with Gasteiger partial charge in [-0.1, -0.05) is 0 Å². The minimum absolute atomic E-state index is 0.0609. The van der Waals surface area contributed by atoms with Crippen LogP contribution < -0.4 is 10.2 Å². The number of pyridine rings is 1. The van der Waals surface area contributed by atoms with Gasteiger partial charge in [0, 0.05) is 31.1 Å². The van der Waals surface area contributed by atoms with E-state index < -0.39 is 0 Å². The fourth-order valence-electron chi connectivity index (χ4n) is 4.62. The summed E-state index contributed by atoms with van der Waals surface area (Å²) < 4.78 is 5.64. The van der Waals surface area contributed by atoms with Gasteiger partial charge in [-0.25, -0.2) is 4.98 Å². The van der Waals surface area contributed by atoms with E-state index in [-0.39, 0.29) is 11.9 Å². The van der Waals surface area contributed by atoms with Crippen LogP contribution in [0.25, 0.3) is 11.0 Å². The average Bonchev–Trinajstić information content (AvgIpc) is 3.31. The first kappa shape index (κ1) is 15.2. The Hall–Kier alpha value is -2.08. The van der Waals surface area contributed by atoms with E-state index in [1.54, 1.807) is 12.5 Å². The van der Waals surface area contributed by atoms with E-state index in [4.69, 9.17) is 4.42 Å². The number of amides is 1. The Morgan fingerprint density at radius 2 is 2.00 bits per heavy atom. The lowest BCUT2D eigenvalue weighted by molar-refractivity contribution is 0.0618. The number of aromatic nitrogens is 1. The molecule has 132 valence electrons. The minimum atomic E-state index is -0.0609. The molecule has 0 radical (unpaired) electrons. The van der Waals surface area contributed by atoms with Crippen LogP contribution in [0.3, 0.4) is 0 Å². The fourth-order valence-corrected chi connectivity index (χ4v) is 4.62. The second-order valence-corrected chi connectivity index (χ2v) is 7.60. The van der Waals surface area contributed by atoms with Gasteiger partial charge in [-0.3, -0.25) is 4.79 Å². The van der Waals surface area contributed by atoms with E-state index in [0.717, 1.165) is 36.3 Å². The van der Waals surface area contributed by atoms with Gasteiger partial charge in [0.05, 0.1) is 11.9 Å². The van der Waals surface area contributed by atoms with Crippen LogP contribution >= 0.6 is 0 Å². The van der Waals surface area contributed by atoms with Crippen LogP contribution in [-0.2, 0) is 0 Å². The Kier molecular flexibility index (Phi) is 3.66. The molecule has 0 spiro atoms. The van der Waals surface area contributed by atoms with Crippen molar-refractivity contribution in [2.45, 2.75) is 31.7 Å². The summed E-state index contributed by atoms with van der Waals surface area (Å²) in [6.45, 7) is 5.43. The van der Waals surface area contributed by atoms with Gasteiger partial charge in [0.1, 0.15) is 12.0 Å². The second kappa shape index (κ2) is 6.02. The lowest BCUT2D eigenvalue weighted by Crippen LogP contribution is -2.57. The Morgan fingerprint density at radius 3 is 2.72 bits per heavy atom. The highest BCUT2D eigenvalue weighted by Gasteiger charge is 2.35. The number of piperidine rings is 3. The van der Waals surface area contributed by atoms with Gasteiger partial charge in [0.2, 0.25) is 0 Å². The number of hydrogen-bond donors (Lipinski definition) is 1. The summed E-state index contributed by atoms with van der Waals surface area (Å²) in [5.74, 6) is 0.556. The molecule has 6 heterocycles. The van der Waals surface area contributed by atoms with Crippen molar-refractivity contribution in [3.8, 4) is 0 Å². The average molecular weight is 340 g/mol. The molecule has 1 amide bonds. The highest BCUT2D eigenvalue weighted by molar-refractivity contribution is 5.99. The third-order valence-electron chi connectivity index (χ3n) is 6.09. The zero-order valence-electron chi connectivity index (χ0n) is 14.4. The van der Waals surface area contributed by atoms with Crippen molar-refractivity contribution in [1.82, 2.24) is 15.2 Å². The largest absolute Gasteiger partial charge is 0.460 e. The Labute approximate surface area is 147 Å². The first-order valence-electron chi connectivity index (χ1n) is 9.43. The summed E-state index contributed by atoms with van der Waals surface area (Å²) >= 11 is 0. The fraction of sp³-hybridized carbons (Fsp3) is 0.579. The highest BCUT2D eigenvalue weighted by atomic mass is 16.3. The monoisotopic (exact) mass is 340 g/mol. The first-order chi connectivity index (χ1) is 12.3. The van der Waals surface area contributed by atoms with Gasteiger partial charge in [-0.05, 0) is 50.8 Å². The van der Waals surface area contributed by atoms with Crippen molar-refractivity contribution >= 4 is 22.6 Å². The summed E-state index contributed by atoms with van der Waals surface area (Å²) in [5, 5.41) is 4.22. The topological polar surface area (TPSA) is 61.6 Å². The van der Waals surface area contributed by atoms with Crippen LogP contribution in [0.1, 0.15) is 36.2 Å². The Bertz CT molecular complexity index is 788. The summed E-state index contributed by atoms with van der Waals surface area (Å²) in [5.41, 5.74) is 2.33. The van der Waals surface area contributed by atoms with Crippen LogP contribution in [-0.4, -0.2) is 54.6 Å². The third kappa shape index (κ3) is 2.68. The van der Waals surface area contributed by atoms with Crippen molar-refractivity contribution < 1.29 is 9.21 Å². The molecule has 6 heteroatoms. The van der Waals surface area contributed by atoms with E-state index in [9.17, 15) is 4.79 Å².